The monoisotopic (exact) mass is 448 g/mol. The largest absolute Gasteiger partial charge is 0.493 e. The summed E-state index contributed by atoms with van der Waals surface area (Å²) < 4.78 is 38.7. The van der Waals surface area contributed by atoms with Crippen LogP contribution in [0.2, 0.25) is 0 Å². The molecule has 0 aromatic heterocycles. The summed E-state index contributed by atoms with van der Waals surface area (Å²) in [5.41, 5.74) is 0.659. The van der Waals surface area contributed by atoms with Crippen molar-refractivity contribution in [1.29, 1.82) is 0 Å². The molecule has 174 valence electrons. The number of nitrogens with one attached hydrogen (secondary N) is 2. The molecule has 0 saturated carbocycles. The molecule has 9 heteroatoms. The molecule has 0 amide bonds. The van der Waals surface area contributed by atoms with E-state index in [1.54, 1.807) is 30.2 Å². The Balaban J connectivity index is 1.64. The van der Waals surface area contributed by atoms with E-state index in [9.17, 15) is 13.9 Å². The average molecular weight is 449 g/mol. The van der Waals surface area contributed by atoms with E-state index in [-0.39, 0.29) is 18.3 Å². The lowest BCUT2D eigenvalue weighted by Gasteiger charge is -2.21. The molecule has 0 spiro atoms. The van der Waals surface area contributed by atoms with Gasteiger partial charge >= 0.3 is 0 Å². The summed E-state index contributed by atoms with van der Waals surface area (Å²) in [6.07, 6.45) is -0.131. The summed E-state index contributed by atoms with van der Waals surface area (Å²) in [6.45, 7) is 3.68. The molecule has 3 rings (SSSR count). The quantitative estimate of drug-likeness (QED) is 0.426. The van der Waals surface area contributed by atoms with E-state index in [1.165, 1.54) is 25.3 Å². The Morgan fingerprint density at radius 2 is 1.91 bits per heavy atom. The van der Waals surface area contributed by atoms with E-state index in [2.05, 4.69) is 15.6 Å². The summed E-state index contributed by atoms with van der Waals surface area (Å²) in [5.74, 6) is 0.518. The molecule has 2 aromatic carbocycles. The van der Waals surface area contributed by atoms with Crippen molar-refractivity contribution in [2.24, 2.45) is 4.99 Å². The van der Waals surface area contributed by atoms with E-state index in [0.29, 0.717) is 49.1 Å². The van der Waals surface area contributed by atoms with Gasteiger partial charge in [0.25, 0.3) is 0 Å². The van der Waals surface area contributed by atoms with Crippen molar-refractivity contribution in [3.05, 3.63) is 53.6 Å². The fourth-order valence-electron chi connectivity index (χ4n) is 3.73. The normalized spacial score (nSPS) is 17.2. The van der Waals surface area contributed by atoms with Gasteiger partial charge in [0.05, 0.1) is 26.9 Å². The number of guanidine groups is 1. The fraction of sp³-hybridized carbons (Fsp3) is 0.435. The van der Waals surface area contributed by atoms with Crippen LogP contribution in [0.25, 0.3) is 0 Å². The van der Waals surface area contributed by atoms with Crippen LogP contribution in [-0.2, 0) is 0 Å². The summed E-state index contributed by atoms with van der Waals surface area (Å²) in [6, 6.07) is 9.07. The molecule has 0 radical (unpaired) electrons. The average Bonchev–Trinajstić information content (AvgIpc) is 3.24. The van der Waals surface area contributed by atoms with Crippen LogP contribution in [0.5, 0.6) is 11.5 Å². The first-order valence-corrected chi connectivity index (χ1v) is 10.6. The molecule has 7 nitrogen and oxygen atoms in total. The van der Waals surface area contributed by atoms with Crippen LogP contribution in [0.15, 0.2) is 41.4 Å². The lowest BCUT2D eigenvalue weighted by atomic mass is 10.1. The summed E-state index contributed by atoms with van der Waals surface area (Å²) in [7, 11) is 3.09. The minimum atomic E-state index is -0.835. The number of ether oxygens (including phenoxy) is 2. The summed E-state index contributed by atoms with van der Waals surface area (Å²) >= 11 is 0. The van der Waals surface area contributed by atoms with E-state index < -0.39 is 17.7 Å². The highest BCUT2D eigenvalue weighted by Crippen LogP contribution is 2.30. The summed E-state index contributed by atoms with van der Waals surface area (Å²) in [5, 5.41) is 17.0. The Labute approximate surface area is 187 Å². The smallest absolute Gasteiger partial charge is 0.191 e. The van der Waals surface area contributed by atoms with Gasteiger partial charge in [-0.3, -0.25) is 4.99 Å². The highest BCUT2D eigenvalue weighted by Gasteiger charge is 2.27. The molecule has 1 aliphatic rings. The van der Waals surface area contributed by atoms with Crippen LogP contribution < -0.4 is 25.0 Å². The van der Waals surface area contributed by atoms with Crippen LogP contribution in [0, 0.1) is 11.6 Å². The predicted octanol–water partition coefficient (Wildman–Crippen LogP) is 2.85. The Hall–Kier alpha value is -3.07. The molecule has 3 N–H and O–H groups in total. The maximum atomic E-state index is 14.1. The van der Waals surface area contributed by atoms with Gasteiger partial charge in [0.2, 0.25) is 0 Å². The van der Waals surface area contributed by atoms with Crippen LogP contribution in [0.4, 0.5) is 14.5 Å². The van der Waals surface area contributed by atoms with Crippen molar-refractivity contribution in [2.75, 3.05) is 45.3 Å². The van der Waals surface area contributed by atoms with E-state index in [4.69, 9.17) is 9.47 Å². The van der Waals surface area contributed by atoms with Gasteiger partial charge in [-0.15, -0.1) is 0 Å². The second-order valence-corrected chi connectivity index (χ2v) is 7.50. The number of hydrogen-bond acceptors (Lipinski definition) is 5. The van der Waals surface area contributed by atoms with Gasteiger partial charge in [0, 0.05) is 25.7 Å². The van der Waals surface area contributed by atoms with Gasteiger partial charge in [-0.2, -0.15) is 0 Å². The van der Waals surface area contributed by atoms with Crippen molar-refractivity contribution < 1.29 is 23.4 Å². The molecule has 2 aromatic rings. The van der Waals surface area contributed by atoms with Crippen LogP contribution in [0.3, 0.4) is 0 Å². The minimum Gasteiger partial charge on any atom is -0.493 e. The molecule has 1 aliphatic heterocycles. The maximum absolute atomic E-state index is 14.1. The van der Waals surface area contributed by atoms with Crippen molar-refractivity contribution in [3.63, 3.8) is 0 Å². The number of aliphatic hydroxyl groups excluding tert-OH is 1. The molecular weight excluding hydrogens is 418 g/mol. The number of nitrogens with zero attached hydrogens (tertiary/aromatic N) is 2. The molecule has 0 aliphatic carbocycles. The van der Waals surface area contributed by atoms with Gasteiger partial charge in [-0.1, -0.05) is 12.1 Å². The third-order valence-corrected chi connectivity index (χ3v) is 5.34. The number of para-hydroxylation sites is 1. The lowest BCUT2D eigenvalue weighted by molar-refractivity contribution is 0.186. The third kappa shape index (κ3) is 5.59. The van der Waals surface area contributed by atoms with E-state index >= 15 is 0 Å². The van der Waals surface area contributed by atoms with Gasteiger partial charge in [-0.25, -0.2) is 8.78 Å². The topological polar surface area (TPSA) is 78.4 Å². The SMILES string of the molecule is CCNC(=NCC(O)c1ccc(OC)c(OC)c1)NC1CCN(c2c(F)cccc2F)C1. The molecule has 2 unspecified atom stereocenters. The first-order chi connectivity index (χ1) is 15.5. The second kappa shape index (κ2) is 11.0. The Morgan fingerprint density at radius 3 is 2.56 bits per heavy atom. The maximum Gasteiger partial charge on any atom is 0.191 e. The van der Waals surface area contributed by atoms with Gasteiger partial charge in [0.1, 0.15) is 17.3 Å². The number of aliphatic imine (C=N–C) groups is 1. The highest BCUT2D eigenvalue weighted by molar-refractivity contribution is 5.80. The molecular formula is C23H30F2N4O3. The highest BCUT2D eigenvalue weighted by atomic mass is 19.1. The van der Waals surface area contributed by atoms with Crippen molar-refractivity contribution >= 4 is 11.6 Å². The van der Waals surface area contributed by atoms with Crippen LogP contribution in [-0.4, -0.2) is 57.5 Å². The molecule has 1 saturated heterocycles. The third-order valence-electron chi connectivity index (χ3n) is 5.34. The molecule has 2 atom stereocenters. The zero-order chi connectivity index (χ0) is 23.1. The zero-order valence-electron chi connectivity index (χ0n) is 18.6. The van der Waals surface area contributed by atoms with Crippen molar-refractivity contribution in [2.45, 2.75) is 25.5 Å². The number of rotatable bonds is 8. The lowest BCUT2D eigenvalue weighted by Crippen LogP contribution is -2.45. The Morgan fingerprint density at radius 1 is 1.19 bits per heavy atom. The van der Waals surface area contributed by atoms with Crippen LogP contribution >= 0.6 is 0 Å². The van der Waals surface area contributed by atoms with Crippen LogP contribution in [0.1, 0.15) is 25.0 Å². The molecule has 32 heavy (non-hydrogen) atoms. The fourth-order valence-corrected chi connectivity index (χ4v) is 3.73. The second-order valence-electron chi connectivity index (χ2n) is 7.50. The summed E-state index contributed by atoms with van der Waals surface area (Å²) in [4.78, 5) is 6.19. The number of methoxy groups -OCH3 is 2. The first-order valence-electron chi connectivity index (χ1n) is 10.6. The van der Waals surface area contributed by atoms with Gasteiger partial charge in [0.15, 0.2) is 17.5 Å². The molecule has 1 heterocycles. The number of aliphatic hydroxyl groups is 1. The Kier molecular flexibility index (Phi) is 8.10. The first kappa shape index (κ1) is 23.6. The molecule has 1 fully saturated rings. The van der Waals surface area contributed by atoms with E-state index in [0.717, 1.165) is 0 Å². The van der Waals surface area contributed by atoms with Gasteiger partial charge < -0.3 is 30.1 Å². The number of hydrogen-bond donors (Lipinski definition) is 3. The van der Waals surface area contributed by atoms with E-state index in [1.807, 2.05) is 6.92 Å². The van der Waals surface area contributed by atoms with Crippen molar-refractivity contribution in [3.8, 4) is 11.5 Å². The predicted molar refractivity (Wildman–Crippen MR) is 121 cm³/mol. The van der Waals surface area contributed by atoms with Gasteiger partial charge in [-0.05, 0) is 43.2 Å². The number of benzene rings is 2. The zero-order valence-corrected chi connectivity index (χ0v) is 18.6. The Bertz CT molecular complexity index is 921. The van der Waals surface area contributed by atoms with Crippen molar-refractivity contribution in [1.82, 2.24) is 10.6 Å². The minimum absolute atomic E-state index is 0.00242. The molecule has 0 bridgehead atoms. The standard InChI is InChI=1S/C23H30F2N4O3/c1-4-26-23(27-13-19(30)15-8-9-20(31-2)21(12-15)32-3)28-16-10-11-29(14-16)22-17(24)6-5-7-18(22)25/h5-9,12,16,19,30H,4,10-11,13-14H2,1-3H3,(H2,26,27,28). The number of anilines is 1. The number of halogens is 2.